The van der Waals surface area contributed by atoms with Gasteiger partial charge < -0.3 is 9.47 Å². The predicted octanol–water partition coefficient (Wildman–Crippen LogP) is 5.04. The van der Waals surface area contributed by atoms with Crippen molar-refractivity contribution in [2.45, 2.75) is 12.5 Å². The highest BCUT2D eigenvalue weighted by atomic mass is 16.5. The molecule has 1 unspecified atom stereocenters. The summed E-state index contributed by atoms with van der Waals surface area (Å²) in [6.45, 7) is 0. The second-order valence-electron chi connectivity index (χ2n) is 6.12. The molecule has 1 heterocycles. The van der Waals surface area contributed by atoms with E-state index in [1.807, 2.05) is 78.9 Å². The SMILES string of the molecule is COc1ccc(C2C/C(=N\Nc3ccccc3)c3ccccc3O2)cc1. The number of hydrogen-bond donors (Lipinski definition) is 1. The lowest BCUT2D eigenvalue weighted by molar-refractivity contribution is 0.206. The molecular formula is C22H20N2O2. The second-order valence-corrected chi connectivity index (χ2v) is 6.12. The molecule has 0 bridgehead atoms. The molecule has 1 N–H and O–H groups in total. The van der Waals surface area contributed by atoms with Gasteiger partial charge in [0.2, 0.25) is 0 Å². The number of fused-ring (bicyclic) bond motifs is 1. The number of nitrogens with one attached hydrogen (secondary N) is 1. The first-order chi connectivity index (χ1) is 12.8. The smallest absolute Gasteiger partial charge is 0.129 e. The van der Waals surface area contributed by atoms with Crippen molar-refractivity contribution in [3.05, 3.63) is 90.0 Å². The number of rotatable bonds is 4. The number of hydrogen-bond acceptors (Lipinski definition) is 4. The lowest BCUT2D eigenvalue weighted by Gasteiger charge is -2.27. The summed E-state index contributed by atoms with van der Waals surface area (Å²) in [4.78, 5) is 0. The minimum absolute atomic E-state index is 0.0767. The second kappa shape index (κ2) is 7.31. The van der Waals surface area contributed by atoms with Crippen LogP contribution in [0.5, 0.6) is 11.5 Å². The fraction of sp³-hybridized carbons (Fsp3) is 0.136. The maximum Gasteiger partial charge on any atom is 0.129 e. The van der Waals surface area contributed by atoms with E-state index in [9.17, 15) is 0 Å². The van der Waals surface area contributed by atoms with Crippen LogP contribution in [-0.2, 0) is 0 Å². The molecule has 4 rings (SSSR count). The number of methoxy groups -OCH3 is 1. The van der Waals surface area contributed by atoms with E-state index in [0.717, 1.165) is 34.0 Å². The van der Waals surface area contributed by atoms with Crippen LogP contribution in [-0.4, -0.2) is 12.8 Å². The Bertz CT molecular complexity index is 905. The van der Waals surface area contributed by atoms with Crippen molar-refractivity contribution in [1.29, 1.82) is 0 Å². The van der Waals surface area contributed by atoms with Crippen LogP contribution < -0.4 is 14.9 Å². The third kappa shape index (κ3) is 3.40. The highest BCUT2D eigenvalue weighted by Crippen LogP contribution is 2.35. The summed E-state index contributed by atoms with van der Waals surface area (Å²) in [7, 11) is 1.67. The van der Waals surface area contributed by atoms with Gasteiger partial charge in [0.05, 0.1) is 18.5 Å². The van der Waals surface area contributed by atoms with Crippen LogP contribution in [0.2, 0.25) is 0 Å². The van der Waals surface area contributed by atoms with Crippen LogP contribution in [0, 0.1) is 0 Å². The van der Waals surface area contributed by atoms with Crippen molar-refractivity contribution in [1.82, 2.24) is 0 Å². The zero-order valence-corrected chi connectivity index (χ0v) is 14.6. The van der Waals surface area contributed by atoms with E-state index in [1.54, 1.807) is 7.11 Å². The Morgan fingerprint density at radius 3 is 2.42 bits per heavy atom. The molecule has 26 heavy (non-hydrogen) atoms. The van der Waals surface area contributed by atoms with Gasteiger partial charge in [0.25, 0.3) is 0 Å². The molecule has 0 aromatic heterocycles. The van der Waals surface area contributed by atoms with Crippen LogP contribution >= 0.6 is 0 Å². The third-order valence-corrected chi connectivity index (χ3v) is 4.43. The summed E-state index contributed by atoms with van der Waals surface area (Å²) in [5, 5.41) is 4.67. The molecule has 3 aromatic rings. The Morgan fingerprint density at radius 2 is 1.65 bits per heavy atom. The highest BCUT2D eigenvalue weighted by Gasteiger charge is 2.26. The molecule has 1 atom stereocenters. The number of para-hydroxylation sites is 2. The van der Waals surface area contributed by atoms with Crippen LogP contribution in [0.15, 0.2) is 84.0 Å². The Hall–Kier alpha value is -3.27. The largest absolute Gasteiger partial charge is 0.497 e. The average molecular weight is 344 g/mol. The molecule has 1 aliphatic heterocycles. The van der Waals surface area contributed by atoms with Crippen molar-refractivity contribution >= 4 is 11.4 Å². The number of benzene rings is 3. The molecule has 130 valence electrons. The quantitative estimate of drug-likeness (QED) is 0.675. The van der Waals surface area contributed by atoms with E-state index in [2.05, 4.69) is 10.5 Å². The molecule has 0 amide bonds. The molecule has 0 spiro atoms. The molecule has 1 aliphatic rings. The van der Waals surface area contributed by atoms with E-state index < -0.39 is 0 Å². The van der Waals surface area contributed by atoms with Crippen molar-refractivity contribution in [3.63, 3.8) is 0 Å². The number of anilines is 1. The average Bonchev–Trinajstić information content (AvgIpc) is 2.72. The van der Waals surface area contributed by atoms with Crippen LogP contribution in [0.4, 0.5) is 5.69 Å². The van der Waals surface area contributed by atoms with Crippen molar-refractivity contribution in [2.24, 2.45) is 5.10 Å². The van der Waals surface area contributed by atoms with Gasteiger partial charge in [-0.05, 0) is 42.0 Å². The number of ether oxygens (including phenoxy) is 2. The van der Waals surface area contributed by atoms with E-state index >= 15 is 0 Å². The molecule has 0 fully saturated rings. The molecule has 4 heteroatoms. The van der Waals surface area contributed by atoms with E-state index in [-0.39, 0.29) is 6.10 Å². The van der Waals surface area contributed by atoms with Gasteiger partial charge in [-0.25, -0.2) is 0 Å². The summed E-state index contributed by atoms with van der Waals surface area (Å²) >= 11 is 0. The van der Waals surface area contributed by atoms with Crippen LogP contribution in [0.1, 0.15) is 23.7 Å². The van der Waals surface area contributed by atoms with Gasteiger partial charge in [-0.2, -0.15) is 5.10 Å². The number of hydrazone groups is 1. The van der Waals surface area contributed by atoms with Crippen LogP contribution in [0.3, 0.4) is 0 Å². The maximum absolute atomic E-state index is 6.22. The number of nitrogens with zero attached hydrogens (tertiary/aromatic N) is 1. The third-order valence-electron chi connectivity index (χ3n) is 4.43. The van der Waals surface area contributed by atoms with E-state index in [0.29, 0.717) is 6.42 Å². The summed E-state index contributed by atoms with van der Waals surface area (Å²) in [5.74, 6) is 1.69. The van der Waals surface area contributed by atoms with Gasteiger partial charge in [0.1, 0.15) is 17.6 Å². The zero-order valence-electron chi connectivity index (χ0n) is 14.6. The standard InChI is InChI=1S/C22H20N2O2/c1-25-18-13-11-16(12-14-18)22-15-20(19-9-5-6-10-21(19)26-22)24-23-17-7-3-2-4-8-17/h2-14,22-23H,15H2,1H3/b24-20+. The molecule has 4 nitrogen and oxygen atoms in total. The van der Waals surface area contributed by atoms with Gasteiger partial charge >= 0.3 is 0 Å². The topological polar surface area (TPSA) is 42.8 Å². The fourth-order valence-electron chi connectivity index (χ4n) is 3.04. The van der Waals surface area contributed by atoms with Gasteiger partial charge in [-0.15, -0.1) is 0 Å². The summed E-state index contributed by atoms with van der Waals surface area (Å²) in [6.07, 6.45) is 0.621. The summed E-state index contributed by atoms with van der Waals surface area (Å²) < 4.78 is 11.5. The summed E-state index contributed by atoms with van der Waals surface area (Å²) in [6, 6.07) is 26.0. The first kappa shape index (κ1) is 16.2. The van der Waals surface area contributed by atoms with Gasteiger partial charge in [0.15, 0.2) is 0 Å². The van der Waals surface area contributed by atoms with Crippen LogP contribution in [0.25, 0.3) is 0 Å². The predicted molar refractivity (Wildman–Crippen MR) is 104 cm³/mol. The Kier molecular flexibility index (Phi) is 4.56. The van der Waals surface area contributed by atoms with Gasteiger partial charge in [-0.1, -0.05) is 42.5 Å². The fourth-order valence-corrected chi connectivity index (χ4v) is 3.04. The minimum atomic E-state index is -0.0767. The van der Waals surface area contributed by atoms with Crippen molar-refractivity contribution in [3.8, 4) is 11.5 Å². The molecule has 0 radical (unpaired) electrons. The monoisotopic (exact) mass is 344 g/mol. The van der Waals surface area contributed by atoms with Gasteiger partial charge in [0, 0.05) is 12.0 Å². The van der Waals surface area contributed by atoms with E-state index in [4.69, 9.17) is 9.47 Å². The zero-order chi connectivity index (χ0) is 17.8. The molecular weight excluding hydrogens is 324 g/mol. The normalized spacial score (nSPS) is 17.3. The Labute approximate surface area is 153 Å². The molecule has 0 aliphatic carbocycles. The van der Waals surface area contributed by atoms with Crippen molar-refractivity contribution < 1.29 is 9.47 Å². The maximum atomic E-state index is 6.22. The lowest BCUT2D eigenvalue weighted by Crippen LogP contribution is -2.21. The van der Waals surface area contributed by atoms with Gasteiger partial charge in [-0.3, -0.25) is 5.43 Å². The minimum Gasteiger partial charge on any atom is -0.497 e. The molecule has 0 saturated heterocycles. The molecule has 0 saturated carbocycles. The lowest BCUT2D eigenvalue weighted by atomic mass is 9.95. The Balaban J connectivity index is 1.64. The first-order valence-corrected chi connectivity index (χ1v) is 8.61. The Morgan fingerprint density at radius 1 is 0.923 bits per heavy atom. The first-order valence-electron chi connectivity index (χ1n) is 8.61. The van der Waals surface area contributed by atoms with Crippen molar-refractivity contribution in [2.75, 3.05) is 12.5 Å². The summed E-state index contributed by atoms with van der Waals surface area (Å²) in [5.41, 5.74) is 7.24. The molecule has 3 aromatic carbocycles. The highest BCUT2D eigenvalue weighted by molar-refractivity contribution is 6.04. The van der Waals surface area contributed by atoms with E-state index in [1.165, 1.54) is 0 Å².